The molecule has 0 aromatic carbocycles. The van der Waals surface area contributed by atoms with Gasteiger partial charge in [-0.3, -0.25) is 0 Å². The largest absolute Gasteiger partial charge is 0.373 e. The van der Waals surface area contributed by atoms with Crippen LogP contribution < -0.4 is 10.6 Å². The molecule has 4 heteroatoms. The average molecular weight is 234 g/mol. The van der Waals surface area contributed by atoms with Crippen molar-refractivity contribution in [3.63, 3.8) is 0 Å². The molecule has 0 aliphatic heterocycles. The number of aryl methyl sites for hydroxylation is 1. The predicted octanol–water partition coefficient (Wildman–Crippen LogP) is 2.74. The summed E-state index contributed by atoms with van der Waals surface area (Å²) in [6.07, 6.45) is 6.07. The van der Waals surface area contributed by atoms with Gasteiger partial charge in [-0.05, 0) is 19.8 Å². The minimum Gasteiger partial charge on any atom is -0.373 e. The lowest BCUT2D eigenvalue weighted by Gasteiger charge is -2.17. The lowest BCUT2D eigenvalue weighted by atomic mass is 10.2. The van der Waals surface area contributed by atoms with E-state index in [4.69, 9.17) is 0 Å². The Morgan fingerprint density at radius 1 is 1.18 bits per heavy atom. The van der Waals surface area contributed by atoms with Gasteiger partial charge < -0.3 is 10.6 Å². The van der Waals surface area contributed by atoms with Gasteiger partial charge in [-0.1, -0.05) is 19.8 Å². The molecule has 2 rings (SSSR count). The number of rotatable bonds is 4. The zero-order valence-electron chi connectivity index (χ0n) is 11.0. The number of hydrogen-bond donors (Lipinski definition) is 2. The highest BCUT2D eigenvalue weighted by Gasteiger charge is 2.17. The molecule has 0 saturated heterocycles. The molecule has 1 aliphatic carbocycles. The first-order chi connectivity index (χ1) is 8.24. The molecule has 17 heavy (non-hydrogen) atoms. The van der Waals surface area contributed by atoms with Crippen LogP contribution in [-0.2, 0) is 6.42 Å². The molecule has 1 fully saturated rings. The van der Waals surface area contributed by atoms with Crippen LogP contribution in [0.1, 0.15) is 44.0 Å². The number of nitrogens with zero attached hydrogens (tertiary/aromatic N) is 2. The normalized spacial score (nSPS) is 16.2. The smallest absolute Gasteiger partial charge is 0.134 e. The lowest BCUT2D eigenvalue weighted by molar-refractivity contribution is 0.745. The summed E-state index contributed by atoms with van der Waals surface area (Å²) >= 11 is 0. The van der Waals surface area contributed by atoms with Crippen LogP contribution in [0.4, 0.5) is 11.6 Å². The van der Waals surface area contributed by atoms with Crippen molar-refractivity contribution in [2.45, 2.75) is 52.0 Å². The highest BCUT2D eigenvalue weighted by atomic mass is 15.1. The Bertz CT molecular complexity index is 383. The third-order valence-electron chi connectivity index (χ3n) is 3.44. The molecular weight excluding hydrogens is 212 g/mol. The van der Waals surface area contributed by atoms with E-state index in [0.29, 0.717) is 6.04 Å². The monoisotopic (exact) mass is 234 g/mol. The van der Waals surface area contributed by atoms with Gasteiger partial charge in [-0.2, -0.15) is 0 Å². The molecule has 1 aromatic heterocycles. The topological polar surface area (TPSA) is 49.8 Å². The Labute approximate surface area is 103 Å². The molecule has 0 amide bonds. The van der Waals surface area contributed by atoms with Crippen LogP contribution in [0.25, 0.3) is 0 Å². The fraction of sp³-hybridized carbons (Fsp3) is 0.692. The maximum Gasteiger partial charge on any atom is 0.134 e. The summed E-state index contributed by atoms with van der Waals surface area (Å²) in [7, 11) is 1.91. The van der Waals surface area contributed by atoms with Crippen molar-refractivity contribution in [1.29, 1.82) is 0 Å². The Kier molecular flexibility index (Phi) is 3.82. The predicted molar refractivity (Wildman–Crippen MR) is 71.6 cm³/mol. The minimum atomic E-state index is 0.595. The average Bonchev–Trinajstić information content (AvgIpc) is 2.84. The molecule has 0 bridgehead atoms. The van der Waals surface area contributed by atoms with Crippen molar-refractivity contribution >= 4 is 11.6 Å². The van der Waals surface area contributed by atoms with Crippen LogP contribution in [0.3, 0.4) is 0 Å². The molecule has 1 saturated carbocycles. The highest BCUT2D eigenvalue weighted by Crippen LogP contribution is 2.25. The van der Waals surface area contributed by atoms with Crippen LogP contribution in [0.15, 0.2) is 0 Å². The van der Waals surface area contributed by atoms with Gasteiger partial charge in [0.1, 0.15) is 17.5 Å². The van der Waals surface area contributed by atoms with E-state index in [1.165, 1.54) is 25.7 Å². The maximum absolute atomic E-state index is 4.60. The summed E-state index contributed by atoms with van der Waals surface area (Å²) in [4.78, 5) is 9.08. The molecule has 4 nitrogen and oxygen atoms in total. The minimum absolute atomic E-state index is 0.595. The third-order valence-corrected chi connectivity index (χ3v) is 3.44. The zero-order valence-corrected chi connectivity index (χ0v) is 11.0. The van der Waals surface area contributed by atoms with Crippen molar-refractivity contribution in [3.05, 3.63) is 11.4 Å². The second-order valence-corrected chi connectivity index (χ2v) is 4.69. The Morgan fingerprint density at radius 3 is 2.41 bits per heavy atom. The first kappa shape index (κ1) is 12.1. The first-order valence-electron chi connectivity index (χ1n) is 6.56. The van der Waals surface area contributed by atoms with E-state index in [-0.39, 0.29) is 0 Å². The maximum atomic E-state index is 4.60. The molecule has 1 aliphatic rings. The number of aromatic nitrogens is 2. The van der Waals surface area contributed by atoms with Crippen LogP contribution in [-0.4, -0.2) is 23.1 Å². The Morgan fingerprint density at radius 2 is 1.82 bits per heavy atom. The van der Waals surface area contributed by atoms with Gasteiger partial charge in [0.2, 0.25) is 0 Å². The van der Waals surface area contributed by atoms with Crippen LogP contribution in [0.5, 0.6) is 0 Å². The quantitative estimate of drug-likeness (QED) is 0.841. The van der Waals surface area contributed by atoms with E-state index in [1.807, 2.05) is 7.05 Å². The van der Waals surface area contributed by atoms with E-state index in [1.54, 1.807) is 0 Å². The summed E-state index contributed by atoms with van der Waals surface area (Å²) < 4.78 is 0. The standard InChI is InChI=1S/C13H22N4/c1-4-11-16-12(14-3)9(2)13(17-11)15-10-7-5-6-8-10/h10H,4-8H2,1-3H3,(H2,14,15,16,17). The molecule has 1 aromatic rings. The van der Waals surface area contributed by atoms with E-state index in [2.05, 4.69) is 34.4 Å². The van der Waals surface area contributed by atoms with Crippen molar-refractivity contribution in [2.75, 3.05) is 17.7 Å². The lowest BCUT2D eigenvalue weighted by Crippen LogP contribution is -2.18. The van der Waals surface area contributed by atoms with Crippen LogP contribution in [0, 0.1) is 6.92 Å². The van der Waals surface area contributed by atoms with E-state index in [9.17, 15) is 0 Å². The summed E-state index contributed by atoms with van der Waals surface area (Å²) in [5, 5.41) is 6.71. The summed E-state index contributed by atoms with van der Waals surface area (Å²) in [5.74, 6) is 2.85. The van der Waals surface area contributed by atoms with Crippen molar-refractivity contribution in [2.24, 2.45) is 0 Å². The summed E-state index contributed by atoms with van der Waals surface area (Å²) in [6, 6.07) is 0.595. The fourth-order valence-corrected chi connectivity index (χ4v) is 2.37. The van der Waals surface area contributed by atoms with Gasteiger partial charge in [-0.25, -0.2) is 9.97 Å². The van der Waals surface area contributed by atoms with Gasteiger partial charge in [0.25, 0.3) is 0 Å². The molecule has 0 radical (unpaired) electrons. The van der Waals surface area contributed by atoms with Crippen LogP contribution >= 0.6 is 0 Å². The van der Waals surface area contributed by atoms with Gasteiger partial charge in [0.05, 0.1) is 0 Å². The molecule has 0 unspecified atom stereocenters. The Balaban J connectivity index is 2.24. The number of hydrogen-bond acceptors (Lipinski definition) is 4. The second kappa shape index (κ2) is 5.34. The number of nitrogens with one attached hydrogen (secondary N) is 2. The second-order valence-electron chi connectivity index (χ2n) is 4.69. The van der Waals surface area contributed by atoms with Crippen molar-refractivity contribution in [3.8, 4) is 0 Å². The molecule has 0 atom stereocenters. The first-order valence-corrected chi connectivity index (χ1v) is 6.56. The summed E-state index contributed by atoms with van der Waals surface area (Å²) in [5.41, 5.74) is 1.12. The van der Waals surface area contributed by atoms with E-state index >= 15 is 0 Å². The zero-order chi connectivity index (χ0) is 12.3. The van der Waals surface area contributed by atoms with Gasteiger partial charge in [-0.15, -0.1) is 0 Å². The molecule has 94 valence electrons. The Hall–Kier alpha value is -1.32. The fourth-order valence-electron chi connectivity index (χ4n) is 2.37. The third kappa shape index (κ3) is 2.68. The van der Waals surface area contributed by atoms with Gasteiger partial charge in [0.15, 0.2) is 0 Å². The van der Waals surface area contributed by atoms with Crippen molar-refractivity contribution < 1.29 is 0 Å². The SMILES string of the molecule is CCc1nc(NC)c(C)c(NC2CCCC2)n1. The van der Waals surface area contributed by atoms with Gasteiger partial charge >= 0.3 is 0 Å². The van der Waals surface area contributed by atoms with Crippen LogP contribution in [0.2, 0.25) is 0 Å². The number of anilines is 2. The van der Waals surface area contributed by atoms with Crippen molar-refractivity contribution in [1.82, 2.24) is 9.97 Å². The van der Waals surface area contributed by atoms with Gasteiger partial charge in [0, 0.05) is 25.1 Å². The summed E-state index contributed by atoms with van der Waals surface area (Å²) in [6.45, 7) is 4.16. The molecule has 0 spiro atoms. The molecule has 2 N–H and O–H groups in total. The van der Waals surface area contributed by atoms with E-state index < -0.39 is 0 Å². The van der Waals surface area contributed by atoms with E-state index in [0.717, 1.165) is 29.4 Å². The molecular formula is C13H22N4. The highest BCUT2D eigenvalue weighted by molar-refractivity contribution is 5.57. The molecule has 1 heterocycles.